The molecule has 0 saturated carbocycles. The van der Waals surface area contributed by atoms with E-state index in [0.717, 1.165) is 27.5 Å². The summed E-state index contributed by atoms with van der Waals surface area (Å²) in [5.41, 5.74) is 4.14. The lowest BCUT2D eigenvalue weighted by Gasteiger charge is -2.12. The third-order valence-electron chi connectivity index (χ3n) is 5.02. The summed E-state index contributed by atoms with van der Waals surface area (Å²) in [6.07, 6.45) is 0. The Hall–Kier alpha value is -3.16. The maximum atomic E-state index is 12.7. The summed E-state index contributed by atoms with van der Waals surface area (Å²) in [7, 11) is 0. The largest absolute Gasteiger partial charge is 0.325 e. The third kappa shape index (κ3) is 4.19. The average molecular weight is 452 g/mol. The molecular formula is C21H21N7OS2. The molecular weight excluding hydrogens is 430 g/mol. The van der Waals surface area contributed by atoms with Crippen LogP contribution in [0.25, 0.3) is 5.78 Å². The number of nitrogens with zero attached hydrogens (tertiary/aromatic N) is 6. The molecule has 1 N–H and O–H groups in total. The van der Waals surface area contributed by atoms with Gasteiger partial charge in [0.05, 0.1) is 17.9 Å². The van der Waals surface area contributed by atoms with E-state index < -0.39 is 0 Å². The van der Waals surface area contributed by atoms with Crippen molar-refractivity contribution < 1.29 is 4.79 Å². The van der Waals surface area contributed by atoms with E-state index in [2.05, 4.69) is 26.5 Å². The normalized spacial score (nSPS) is 11.1. The van der Waals surface area contributed by atoms with E-state index in [1.807, 2.05) is 55.8 Å². The van der Waals surface area contributed by atoms with Crippen molar-refractivity contribution in [2.45, 2.75) is 39.4 Å². The van der Waals surface area contributed by atoms with Gasteiger partial charge in [0.1, 0.15) is 11.9 Å². The number of thioether (sulfide) groups is 1. The number of hydrogen-bond donors (Lipinski definition) is 1. The number of anilines is 1. The van der Waals surface area contributed by atoms with E-state index in [1.165, 1.54) is 11.8 Å². The molecule has 4 aromatic rings. The quantitative estimate of drug-likeness (QED) is 0.447. The topological polar surface area (TPSA) is 101 Å². The van der Waals surface area contributed by atoms with Gasteiger partial charge in [-0.2, -0.15) is 10.2 Å². The van der Waals surface area contributed by atoms with Crippen molar-refractivity contribution in [1.29, 1.82) is 5.26 Å². The molecule has 4 aromatic heterocycles. The van der Waals surface area contributed by atoms with Crippen LogP contribution in [0.2, 0.25) is 0 Å². The van der Waals surface area contributed by atoms with Crippen molar-refractivity contribution in [3.63, 3.8) is 0 Å². The monoisotopic (exact) mass is 451 g/mol. The highest BCUT2D eigenvalue weighted by Crippen LogP contribution is 2.28. The van der Waals surface area contributed by atoms with Crippen molar-refractivity contribution in [2.24, 2.45) is 0 Å². The molecule has 0 spiro atoms. The summed E-state index contributed by atoms with van der Waals surface area (Å²) in [6.45, 7) is 8.32. The van der Waals surface area contributed by atoms with Crippen LogP contribution in [0.5, 0.6) is 0 Å². The number of amides is 1. The standard InChI is InChI=1S/C21H21N7OS2/c1-12-8-13(2)28-20(23-12)25-21(26-28)31-11-18(29)24-19-17(9-22)14(3)15(4)27(19)10-16-6-5-7-30-16/h5-8H,10-11H2,1-4H3,(H,24,29). The smallest absolute Gasteiger partial charge is 0.253 e. The predicted octanol–water partition coefficient (Wildman–Crippen LogP) is 3.87. The molecule has 31 heavy (non-hydrogen) atoms. The van der Waals surface area contributed by atoms with Crippen LogP contribution in [0.15, 0.2) is 28.7 Å². The highest BCUT2D eigenvalue weighted by molar-refractivity contribution is 7.99. The number of carbonyl (C=O) groups is 1. The van der Waals surface area contributed by atoms with Gasteiger partial charge in [-0.05, 0) is 50.8 Å². The average Bonchev–Trinajstić information content (AvgIpc) is 3.43. The molecule has 8 nitrogen and oxygen atoms in total. The molecule has 0 saturated heterocycles. The van der Waals surface area contributed by atoms with Crippen LogP contribution < -0.4 is 5.32 Å². The van der Waals surface area contributed by atoms with Gasteiger partial charge in [0.2, 0.25) is 11.1 Å². The van der Waals surface area contributed by atoms with Gasteiger partial charge in [0, 0.05) is 22.0 Å². The molecule has 0 aromatic carbocycles. The fourth-order valence-corrected chi connectivity index (χ4v) is 4.70. The van der Waals surface area contributed by atoms with Gasteiger partial charge < -0.3 is 9.88 Å². The SMILES string of the molecule is Cc1cc(C)n2nc(SCC(=O)Nc3c(C#N)c(C)c(C)n3Cc3cccs3)nc2n1. The lowest BCUT2D eigenvalue weighted by atomic mass is 10.2. The molecule has 158 valence electrons. The lowest BCUT2D eigenvalue weighted by Crippen LogP contribution is -2.18. The summed E-state index contributed by atoms with van der Waals surface area (Å²) in [6, 6.07) is 8.20. The maximum absolute atomic E-state index is 12.7. The van der Waals surface area contributed by atoms with Crippen LogP contribution in [0.1, 0.15) is 33.1 Å². The van der Waals surface area contributed by atoms with Gasteiger partial charge in [-0.1, -0.05) is 17.8 Å². The Morgan fingerprint density at radius 3 is 2.81 bits per heavy atom. The molecule has 0 bridgehead atoms. The summed E-state index contributed by atoms with van der Waals surface area (Å²) >= 11 is 2.88. The molecule has 0 aliphatic carbocycles. The van der Waals surface area contributed by atoms with Gasteiger partial charge in [-0.25, -0.2) is 9.50 Å². The fourth-order valence-electron chi connectivity index (χ4n) is 3.39. The zero-order chi connectivity index (χ0) is 22.1. The van der Waals surface area contributed by atoms with E-state index in [-0.39, 0.29) is 11.7 Å². The predicted molar refractivity (Wildman–Crippen MR) is 122 cm³/mol. The Bertz CT molecular complexity index is 1310. The highest BCUT2D eigenvalue weighted by Gasteiger charge is 2.20. The number of aromatic nitrogens is 5. The molecule has 4 rings (SSSR count). The van der Waals surface area contributed by atoms with E-state index >= 15 is 0 Å². The number of nitriles is 1. The molecule has 0 aliphatic heterocycles. The number of nitrogens with one attached hydrogen (secondary N) is 1. The number of carbonyl (C=O) groups excluding carboxylic acids is 1. The highest BCUT2D eigenvalue weighted by atomic mass is 32.2. The minimum atomic E-state index is -0.217. The van der Waals surface area contributed by atoms with Gasteiger partial charge >= 0.3 is 0 Å². The first-order valence-corrected chi connectivity index (χ1v) is 11.5. The van der Waals surface area contributed by atoms with Crippen molar-refractivity contribution in [3.8, 4) is 6.07 Å². The summed E-state index contributed by atoms with van der Waals surface area (Å²) in [5, 5.41) is 19.5. The summed E-state index contributed by atoms with van der Waals surface area (Å²) in [5.74, 6) is 0.962. The first-order valence-electron chi connectivity index (χ1n) is 9.63. The van der Waals surface area contributed by atoms with Crippen LogP contribution in [-0.2, 0) is 11.3 Å². The Morgan fingerprint density at radius 2 is 2.10 bits per heavy atom. The number of hydrogen-bond acceptors (Lipinski definition) is 7. The number of aryl methyl sites for hydroxylation is 2. The summed E-state index contributed by atoms with van der Waals surface area (Å²) in [4.78, 5) is 22.7. The van der Waals surface area contributed by atoms with Gasteiger partial charge in [-0.15, -0.1) is 16.4 Å². The molecule has 0 aliphatic rings. The first kappa shape index (κ1) is 21.1. The zero-order valence-corrected chi connectivity index (χ0v) is 19.3. The van der Waals surface area contributed by atoms with E-state index in [4.69, 9.17) is 0 Å². The Morgan fingerprint density at radius 1 is 1.29 bits per heavy atom. The van der Waals surface area contributed by atoms with Gasteiger partial charge in [0.25, 0.3) is 5.78 Å². The van der Waals surface area contributed by atoms with E-state index in [9.17, 15) is 10.1 Å². The third-order valence-corrected chi connectivity index (χ3v) is 6.72. The van der Waals surface area contributed by atoms with E-state index in [0.29, 0.717) is 28.9 Å². The lowest BCUT2D eigenvalue weighted by molar-refractivity contribution is -0.113. The minimum Gasteiger partial charge on any atom is -0.325 e. The molecule has 0 atom stereocenters. The van der Waals surface area contributed by atoms with Gasteiger partial charge in [0.15, 0.2) is 0 Å². The Labute approximate surface area is 187 Å². The van der Waals surface area contributed by atoms with Gasteiger partial charge in [-0.3, -0.25) is 4.79 Å². The fraction of sp³-hybridized carbons (Fsp3) is 0.286. The molecule has 4 heterocycles. The second kappa shape index (κ2) is 8.53. The molecule has 0 fully saturated rings. The minimum absolute atomic E-state index is 0.127. The van der Waals surface area contributed by atoms with Crippen molar-refractivity contribution in [3.05, 3.63) is 56.7 Å². The second-order valence-corrected chi connectivity index (χ2v) is 9.17. The van der Waals surface area contributed by atoms with Crippen molar-refractivity contribution >= 4 is 40.6 Å². The number of thiophene rings is 1. The molecule has 0 unspecified atom stereocenters. The van der Waals surface area contributed by atoms with Crippen LogP contribution in [0, 0.1) is 39.0 Å². The van der Waals surface area contributed by atoms with Crippen LogP contribution in [-0.4, -0.2) is 35.8 Å². The molecule has 1 amide bonds. The number of fused-ring (bicyclic) bond motifs is 1. The summed E-state index contributed by atoms with van der Waals surface area (Å²) < 4.78 is 3.65. The maximum Gasteiger partial charge on any atom is 0.253 e. The Kier molecular flexibility index (Phi) is 5.80. The molecule has 0 radical (unpaired) electrons. The van der Waals surface area contributed by atoms with E-state index in [1.54, 1.807) is 15.9 Å². The first-order chi connectivity index (χ1) is 14.9. The van der Waals surface area contributed by atoms with Crippen molar-refractivity contribution in [1.82, 2.24) is 24.1 Å². The number of rotatable bonds is 6. The molecule has 10 heteroatoms. The van der Waals surface area contributed by atoms with Crippen LogP contribution in [0.3, 0.4) is 0 Å². The zero-order valence-electron chi connectivity index (χ0n) is 17.6. The van der Waals surface area contributed by atoms with Crippen molar-refractivity contribution in [2.75, 3.05) is 11.1 Å². The Balaban J connectivity index is 1.53. The second-order valence-electron chi connectivity index (χ2n) is 7.19. The van der Waals surface area contributed by atoms with Crippen LogP contribution >= 0.6 is 23.1 Å². The van der Waals surface area contributed by atoms with Crippen LogP contribution in [0.4, 0.5) is 5.82 Å².